The van der Waals surface area contributed by atoms with E-state index in [0.717, 1.165) is 23.0 Å². The van der Waals surface area contributed by atoms with Crippen LogP contribution in [0.25, 0.3) is 0 Å². The summed E-state index contributed by atoms with van der Waals surface area (Å²) in [6.07, 6.45) is 2.79. The maximum absolute atomic E-state index is 11.4. The molecule has 20 heavy (non-hydrogen) atoms. The van der Waals surface area contributed by atoms with Crippen molar-refractivity contribution in [1.82, 2.24) is 15.3 Å². The maximum Gasteiger partial charge on any atom is 0.221 e. The van der Waals surface area contributed by atoms with Gasteiger partial charge in [-0.25, -0.2) is 9.97 Å². The molecule has 2 rings (SSSR count). The Morgan fingerprint density at radius 1 is 1.30 bits per heavy atom. The van der Waals surface area contributed by atoms with Crippen molar-refractivity contribution in [2.75, 3.05) is 30.8 Å². The Kier molecular flexibility index (Phi) is 4.76. The van der Waals surface area contributed by atoms with Gasteiger partial charge < -0.3 is 16.0 Å². The summed E-state index contributed by atoms with van der Waals surface area (Å²) in [7, 11) is 1.87. The fourth-order valence-electron chi connectivity index (χ4n) is 2.05. The van der Waals surface area contributed by atoms with E-state index in [-0.39, 0.29) is 5.91 Å². The average Bonchev–Trinajstić information content (AvgIpc) is 3.25. The first-order valence-electron chi connectivity index (χ1n) is 7.22. The Morgan fingerprint density at radius 3 is 2.60 bits per heavy atom. The largest absolute Gasteiger partial charge is 0.373 e. The third-order valence-electron chi connectivity index (χ3n) is 3.36. The Morgan fingerprint density at radius 2 is 2.00 bits per heavy atom. The van der Waals surface area contributed by atoms with Crippen LogP contribution >= 0.6 is 0 Å². The monoisotopic (exact) mass is 277 g/mol. The van der Waals surface area contributed by atoms with Crippen LogP contribution in [0.5, 0.6) is 0 Å². The lowest BCUT2D eigenvalue weighted by Crippen LogP contribution is -2.25. The van der Waals surface area contributed by atoms with Crippen LogP contribution in [0.4, 0.5) is 11.6 Å². The number of hydrogen-bond donors (Lipinski definition) is 3. The third kappa shape index (κ3) is 3.59. The van der Waals surface area contributed by atoms with Crippen LogP contribution in [0.1, 0.15) is 43.5 Å². The zero-order chi connectivity index (χ0) is 14.5. The van der Waals surface area contributed by atoms with Crippen LogP contribution in [0, 0.1) is 6.92 Å². The van der Waals surface area contributed by atoms with Crippen molar-refractivity contribution in [2.24, 2.45) is 0 Å². The first-order chi connectivity index (χ1) is 9.65. The Balaban J connectivity index is 2.02. The first-order valence-corrected chi connectivity index (χ1v) is 7.22. The number of carbonyl (C=O) groups is 1. The number of carbonyl (C=O) groups excluding carboxylic acids is 1. The normalized spacial score (nSPS) is 13.9. The number of nitrogens with one attached hydrogen (secondary N) is 3. The second-order valence-electron chi connectivity index (χ2n) is 5.06. The van der Waals surface area contributed by atoms with Crippen molar-refractivity contribution in [3.8, 4) is 0 Å². The molecule has 3 N–H and O–H groups in total. The van der Waals surface area contributed by atoms with Gasteiger partial charge in [0, 0.05) is 38.0 Å². The highest BCUT2D eigenvalue weighted by Crippen LogP contribution is 2.39. The molecule has 0 radical (unpaired) electrons. The minimum Gasteiger partial charge on any atom is -0.373 e. The van der Waals surface area contributed by atoms with E-state index in [2.05, 4.69) is 25.9 Å². The zero-order valence-electron chi connectivity index (χ0n) is 12.4. The van der Waals surface area contributed by atoms with Crippen LogP contribution in [-0.4, -0.2) is 36.0 Å². The van der Waals surface area contributed by atoms with Crippen molar-refractivity contribution in [1.29, 1.82) is 0 Å². The first kappa shape index (κ1) is 14.6. The molecule has 6 heteroatoms. The van der Waals surface area contributed by atoms with Gasteiger partial charge in [-0.2, -0.15) is 0 Å². The van der Waals surface area contributed by atoms with E-state index >= 15 is 0 Å². The molecule has 0 saturated heterocycles. The molecule has 0 atom stereocenters. The molecular formula is C14H23N5O. The summed E-state index contributed by atoms with van der Waals surface area (Å²) in [5.74, 6) is 3.16. The van der Waals surface area contributed by atoms with Gasteiger partial charge in [-0.1, -0.05) is 0 Å². The van der Waals surface area contributed by atoms with E-state index < -0.39 is 0 Å². The molecule has 0 aliphatic heterocycles. The number of anilines is 2. The molecule has 1 fully saturated rings. The Hall–Kier alpha value is -1.85. The number of aromatic nitrogens is 2. The SMILES string of the molecule is CCNC(=O)CCNc1nc(C2CC2)nc(NC)c1C. The Bertz CT molecular complexity index is 485. The fraction of sp³-hybridized carbons (Fsp3) is 0.643. The molecule has 1 heterocycles. The van der Waals surface area contributed by atoms with Crippen LogP contribution in [-0.2, 0) is 4.79 Å². The molecule has 6 nitrogen and oxygen atoms in total. The summed E-state index contributed by atoms with van der Waals surface area (Å²) < 4.78 is 0. The van der Waals surface area contributed by atoms with E-state index in [0.29, 0.717) is 25.4 Å². The fourth-order valence-corrected chi connectivity index (χ4v) is 2.05. The smallest absolute Gasteiger partial charge is 0.221 e. The van der Waals surface area contributed by atoms with Gasteiger partial charge in [-0.15, -0.1) is 0 Å². The standard InChI is InChI=1S/C14H23N5O/c1-4-16-11(20)7-8-17-13-9(2)12(15-3)18-14(19-13)10-5-6-10/h10H,4-8H2,1-3H3,(H,16,20)(H2,15,17,18,19). The topological polar surface area (TPSA) is 78.9 Å². The van der Waals surface area contributed by atoms with Gasteiger partial charge >= 0.3 is 0 Å². The van der Waals surface area contributed by atoms with Gasteiger partial charge in [0.15, 0.2) is 0 Å². The van der Waals surface area contributed by atoms with E-state index in [9.17, 15) is 4.79 Å². The van der Waals surface area contributed by atoms with E-state index in [1.54, 1.807) is 0 Å². The van der Waals surface area contributed by atoms with Crippen molar-refractivity contribution in [2.45, 2.75) is 39.0 Å². The van der Waals surface area contributed by atoms with Gasteiger partial charge in [-0.3, -0.25) is 4.79 Å². The predicted molar refractivity (Wildman–Crippen MR) is 80.1 cm³/mol. The van der Waals surface area contributed by atoms with Gasteiger partial charge in [0.1, 0.15) is 17.5 Å². The molecule has 1 aromatic heterocycles. The van der Waals surface area contributed by atoms with E-state index in [1.807, 2.05) is 20.9 Å². The van der Waals surface area contributed by atoms with Crippen molar-refractivity contribution < 1.29 is 4.79 Å². The van der Waals surface area contributed by atoms with Crippen LogP contribution in [0.3, 0.4) is 0 Å². The second kappa shape index (κ2) is 6.54. The summed E-state index contributed by atoms with van der Waals surface area (Å²) in [5, 5.41) is 9.14. The molecule has 1 saturated carbocycles. The second-order valence-corrected chi connectivity index (χ2v) is 5.06. The summed E-state index contributed by atoms with van der Waals surface area (Å²) >= 11 is 0. The number of nitrogens with zero attached hydrogens (tertiary/aromatic N) is 2. The minimum absolute atomic E-state index is 0.0583. The molecule has 1 amide bonds. The van der Waals surface area contributed by atoms with Crippen molar-refractivity contribution >= 4 is 17.5 Å². The molecule has 110 valence electrons. The molecule has 1 aliphatic rings. The van der Waals surface area contributed by atoms with E-state index in [1.165, 1.54) is 12.8 Å². The van der Waals surface area contributed by atoms with Gasteiger partial charge in [0.25, 0.3) is 0 Å². The predicted octanol–water partition coefficient (Wildman–Crippen LogP) is 1.64. The summed E-state index contributed by atoms with van der Waals surface area (Å²) in [5.41, 5.74) is 0.993. The maximum atomic E-state index is 11.4. The highest BCUT2D eigenvalue weighted by atomic mass is 16.1. The molecule has 1 aliphatic carbocycles. The molecule has 0 spiro atoms. The molecule has 0 bridgehead atoms. The average molecular weight is 277 g/mol. The van der Waals surface area contributed by atoms with Gasteiger partial charge in [0.05, 0.1) is 0 Å². The molecule has 1 aromatic rings. The van der Waals surface area contributed by atoms with Crippen molar-refractivity contribution in [3.63, 3.8) is 0 Å². The van der Waals surface area contributed by atoms with Gasteiger partial charge in [-0.05, 0) is 26.7 Å². The summed E-state index contributed by atoms with van der Waals surface area (Å²) in [4.78, 5) is 20.6. The summed E-state index contributed by atoms with van der Waals surface area (Å²) in [6, 6.07) is 0. The third-order valence-corrected chi connectivity index (χ3v) is 3.36. The lowest BCUT2D eigenvalue weighted by Gasteiger charge is -2.13. The molecule has 0 unspecified atom stereocenters. The highest BCUT2D eigenvalue weighted by molar-refractivity contribution is 5.76. The quantitative estimate of drug-likeness (QED) is 0.706. The minimum atomic E-state index is 0.0583. The number of hydrogen-bond acceptors (Lipinski definition) is 5. The van der Waals surface area contributed by atoms with Crippen LogP contribution < -0.4 is 16.0 Å². The highest BCUT2D eigenvalue weighted by Gasteiger charge is 2.28. The zero-order valence-corrected chi connectivity index (χ0v) is 12.4. The molecular weight excluding hydrogens is 254 g/mol. The lowest BCUT2D eigenvalue weighted by molar-refractivity contribution is -0.120. The van der Waals surface area contributed by atoms with Crippen LogP contribution in [0.2, 0.25) is 0 Å². The Labute approximate surface area is 119 Å². The van der Waals surface area contributed by atoms with Crippen molar-refractivity contribution in [3.05, 3.63) is 11.4 Å². The van der Waals surface area contributed by atoms with Gasteiger partial charge in [0.2, 0.25) is 5.91 Å². The number of rotatable bonds is 7. The molecule has 0 aromatic carbocycles. The summed E-state index contributed by atoms with van der Waals surface area (Å²) in [6.45, 7) is 5.15. The number of amides is 1. The van der Waals surface area contributed by atoms with E-state index in [4.69, 9.17) is 0 Å². The lowest BCUT2D eigenvalue weighted by atomic mass is 10.2. The van der Waals surface area contributed by atoms with Crippen LogP contribution in [0.15, 0.2) is 0 Å².